The zero-order valence-corrected chi connectivity index (χ0v) is 13.3. The zero-order valence-electron chi connectivity index (χ0n) is 12.5. The highest BCUT2D eigenvalue weighted by molar-refractivity contribution is 7.90. The highest BCUT2D eigenvalue weighted by Gasteiger charge is 2.33. The fourth-order valence-corrected chi connectivity index (χ4v) is 3.27. The van der Waals surface area contributed by atoms with Gasteiger partial charge in [-0.3, -0.25) is 0 Å². The van der Waals surface area contributed by atoms with Gasteiger partial charge < -0.3 is 4.74 Å². The van der Waals surface area contributed by atoms with E-state index in [1.54, 1.807) is 7.11 Å². The number of ether oxygens (including phenoxy) is 1. The van der Waals surface area contributed by atoms with Crippen LogP contribution in [0.3, 0.4) is 0 Å². The highest BCUT2D eigenvalue weighted by Crippen LogP contribution is 2.38. The van der Waals surface area contributed by atoms with Crippen LogP contribution in [-0.2, 0) is 14.6 Å². The second kappa shape index (κ2) is 5.41. The van der Waals surface area contributed by atoms with Crippen LogP contribution in [0.5, 0.6) is 0 Å². The first-order chi connectivity index (χ1) is 9.23. The molecule has 5 nitrogen and oxygen atoms in total. The lowest BCUT2D eigenvalue weighted by molar-refractivity contribution is -0.0276. The van der Waals surface area contributed by atoms with Crippen LogP contribution in [0.15, 0.2) is 11.1 Å². The Morgan fingerprint density at radius 1 is 1.30 bits per heavy atom. The van der Waals surface area contributed by atoms with Gasteiger partial charge in [0.2, 0.25) is 0 Å². The normalized spacial score (nSPS) is 27.5. The molecule has 0 aromatic carbocycles. The summed E-state index contributed by atoms with van der Waals surface area (Å²) in [6.07, 6.45) is 4.93. The number of aromatic nitrogens is 2. The minimum atomic E-state index is -3.29. The molecule has 6 heteroatoms. The van der Waals surface area contributed by atoms with E-state index in [-0.39, 0.29) is 16.5 Å². The molecule has 2 rings (SSSR count). The van der Waals surface area contributed by atoms with E-state index in [4.69, 9.17) is 4.74 Å². The van der Waals surface area contributed by atoms with Crippen LogP contribution in [0.25, 0.3) is 0 Å². The summed E-state index contributed by atoms with van der Waals surface area (Å²) in [7, 11) is -1.55. The molecule has 1 aliphatic carbocycles. The smallest absolute Gasteiger partial charge is 0.192 e. The molecule has 1 heterocycles. The van der Waals surface area contributed by atoms with Crippen molar-refractivity contribution in [3.63, 3.8) is 0 Å². The fourth-order valence-electron chi connectivity index (χ4n) is 2.63. The standard InChI is InChI=1S/C14H22N2O3S/c1-10-9-12(20(4,17)18)16-13(15-10)11-5-7-14(2,19-3)8-6-11/h9,11H,5-8H2,1-4H3. The number of sulfone groups is 1. The predicted octanol–water partition coefficient (Wildman–Crippen LogP) is 2.25. The SMILES string of the molecule is COC1(C)CCC(c2nc(C)cc(S(C)(=O)=O)n2)CC1. The lowest BCUT2D eigenvalue weighted by Crippen LogP contribution is -2.32. The van der Waals surface area contributed by atoms with Gasteiger partial charge in [-0.1, -0.05) is 0 Å². The monoisotopic (exact) mass is 298 g/mol. The van der Waals surface area contributed by atoms with E-state index in [1.807, 2.05) is 6.92 Å². The molecule has 1 saturated carbocycles. The number of hydrogen-bond acceptors (Lipinski definition) is 5. The molecule has 0 radical (unpaired) electrons. The molecule has 0 bridgehead atoms. The van der Waals surface area contributed by atoms with Crippen molar-refractivity contribution in [2.75, 3.05) is 13.4 Å². The first kappa shape index (κ1) is 15.4. The first-order valence-corrected chi connectivity index (χ1v) is 8.73. The van der Waals surface area contributed by atoms with Gasteiger partial charge in [0.1, 0.15) is 5.82 Å². The van der Waals surface area contributed by atoms with E-state index in [2.05, 4.69) is 16.9 Å². The Morgan fingerprint density at radius 2 is 1.90 bits per heavy atom. The molecule has 0 aliphatic heterocycles. The quantitative estimate of drug-likeness (QED) is 0.801. The first-order valence-electron chi connectivity index (χ1n) is 6.84. The van der Waals surface area contributed by atoms with E-state index >= 15 is 0 Å². The van der Waals surface area contributed by atoms with Crippen LogP contribution < -0.4 is 0 Å². The van der Waals surface area contributed by atoms with Gasteiger partial charge >= 0.3 is 0 Å². The van der Waals surface area contributed by atoms with Crippen LogP contribution in [-0.4, -0.2) is 37.4 Å². The summed E-state index contributed by atoms with van der Waals surface area (Å²) in [5, 5.41) is 0.125. The molecular formula is C14H22N2O3S. The molecule has 1 fully saturated rings. The maximum absolute atomic E-state index is 11.7. The minimum absolute atomic E-state index is 0.0695. The summed E-state index contributed by atoms with van der Waals surface area (Å²) in [4.78, 5) is 8.69. The Kier molecular flexibility index (Phi) is 4.16. The van der Waals surface area contributed by atoms with Gasteiger partial charge in [-0.25, -0.2) is 18.4 Å². The van der Waals surface area contributed by atoms with Crippen LogP contribution >= 0.6 is 0 Å². The third-order valence-electron chi connectivity index (χ3n) is 4.13. The molecular weight excluding hydrogens is 276 g/mol. The third kappa shape index (κ3) is 3.35. The molecule has 1 aliphatic rings. The minimum Gasteiger partial charge on any atom is -0.379 e. The Balaban J connectivity index is 2.25. The van der Waals surface area contributed by atoms with Crippen molar-refractivity contribution in [2.24, 2.45) is 0 Å². The van der Waals surface area contributed by atoms with Gasteiger partial charge in [-0.2, -0.15) is 0 Å². The summed E-state index contributed by atoms with van der Waals surface area (Å²) in [6.45, 7) is 3.92. The van der Waals surface area contributed by atoms with E-state index in [1.165, 1.54) is 12.3 Å². The van der Waals surface area contributed by atoms with Crippen molar-refractivity contribution in [2.45, 2.75) is 56.1 Å². The zero-order chi connectivity index (χ0) is 15.0. The summed E-state index contributed by atoms with van der Waals surface area (Å²) >= 11 is 0. The van der Waals surface area contributed by atoms with Crippen molar-refractivity contribution in [1.82, 2.24) is 9.97 Å². The fraction of sp³-hybridized carbons (Fsp3) is 0.714. The van der Waals surface area contributed by atoms with Crippen molar-refractivity contribution in [3.05, 3.63) is 17.6 Å². The van der Waals surface area contributed by atoms with Gasteiger partial charge in [-0.15, -0.1) is 0 Å². The van der Waals surface area contributed by atoms with E-state index in [0.717, 1.165) is 25.7 Å². The molecule has 20 heavy (non-hydrogen) atoms. The van der Waals surface area contributed by atoms with Gasteiger partial charge in [0.05, 0.1) is 5.60 Å². The second-order valence-corrected chi connectivity index (χ2v) is 7.87. The Hall–Kier alpha value is -1.01. The van der Waals surface area contributed by atoms with E-state index in [9.17, 15) is 8.42 Å². The molecule has 0 amide bonds. The lowest BCUT2D eigenvalue weighted by Gasteiger charge is -2.35. The summed E-state index contributed by atoms with van der Waals surface area (Å²) in [6, 6.07) is 1.53. The molecule has 0 spiro atoms. The number of hydrogen-bond donors (Lipinski definition) is 0. The molecule has 1 aromatic rings. The molecule has 0 N–H and O–H groups in total. The molecule has 0 atom stereocenters. The maximum atomic E-state index is 11.7. The third-order valence-corrected chi connectivity index (χ3v) is 5.10. The Labute approximate surface area is 120 Å². The van der Waals surface area contributed by atoms with Crippen LogP contribution in [0, 0.1) is 6.92 Å². The van der Waals surface area contributed by atoms with Gasteiger partial charge in [-0.05, 0) is 45.6 Å². The number of rotatable bonds is 3. The number of nitrogens with zero attached hydrogens (tertiary/aromatic N) is 2. The van der Waals surface area contributed by atoms with Crippen LogP contribution in [0.2, 0.25) is 0 Å². The number of aryl methyl sites for hydroxylation is 1. The maximum Gasteiger partial charge on any atom is 0.192 e. The van der Waals surface area contributed by atoms with E-state index in [0.29, 0.717) is 11.5 Å². The molecule has 0 unspecified atom stereocenters. The largest absolute Gasteiger partial charge is 0.379 e. The van der Waals surface area contributed by atoms with Crippen LogP contribution in [0.1, 0.15) is 50.0 Å². The molecule has 0 saturated heterocycles. The average Bonchev–Trinajstić information content (AvgIpc) is 2.38. The Morgan fingerprint density at radius 3 is 2.40 bits per heavy atom. The van der Waals surface area contributed by atoms with Gasteiger partial charge in [0.15, 0.2) is 14.9 Å². The highest BCUT2D eigenvalue weighted by atomic mass is 32.2. The van der Waals surface area contributed by atoms with Gasteiger partial charge in [0.25, 0.3) is 0 Å². The summed E-state index contributed by atoms with van der Waals surface area (Å²) in [5.74, 6) is 0.877. The van der Waals surface area contributed by atoms with Crippen molar-refractivity contribution < 1.29 is 13.2 Å². The molecule has 1 aromatic heterocycles. The predicted molar refractivity (Wildman–Crippen MR) is 76.5 cm³/mol. The Bertz CT molecular complexity index is 590. The summed E-state index contributed by atoms with van der Waals surface area (Å²) < 4.78 is 28.8. The van der Waals surface area contributed by atoms with Crippen molar-refractivity contribution in [1.29, 1.82) is 0 Å². The van der Waals surface area contributed by atoms with Gasteiger partial charge in [0, 0.05) is 25.0 Å². The van der Waals surface area contributed by atoms with Crippen molar-refractivity contribution in [3.8, 4) is 0 Å². The van der Waals surface area contributed by atoms with Crippen LogP contribution in [0.4, 0.5) is 0 Å². The van der Waals surface area contributed by atoms with E-state index < -0.39 is 9.84 Å². The second-order valence-electron chi connectivity index (χ2n) is 5.91. The van der Waals surface area contributed by atoms with Crippen molar-refractivity contribution >= 4 is 9.84 Å². The summed E-state index contributed by atoms with van der Waals surface area (Å²) in [5.41, 5.74) is 0.635. The topological polar surface area (TPSA) is 69.2 Å². The average molecular weight is 298 g/mol. The molecule has 112 valence electrons. The number of methoxy groups -OCH3 is 1. The lowest BCUT2D eigenvalue weighted by atomic mass is 9.79.